The number of phenols is 2. The van der Waals surface area contributed by atoms with Gasteiger partial charge in [-0.15, -0.1) is 0 Å². The van der Waals surface area contributed by atoms with Gasteiger partial charge in [-0.2, -0.15) is 0 Å². The molecule has 0 aromatic heterocycles. The molecule has 3 heterocycles. The highest BCUT2D eigenvalue weighted by molar-refractivity contribution is 8.76. The van der Waals surface area contributed by atoms with Gasteiger partial charge < -0.3 is 45.4 Å². The number of unbranched alkanes of at least 4 members (excludes halogenated alkanes) is 1. The minimum Gasteiger partial charge on any atom is -0.508 e. The van der Waals surface area contributed by atoms with Crippen molar-refractivity contribution in [2.24, 2.45) is 11.8 Å². The van der Waals surface area contributed by atoms with Crippen molar-refractivity contribution in [3.8, 4) is 28.4 Å². The van der Waals surface area contributed by atoms with Crippen LogP contribution >= 0.6 is 21.6 Å². The average molecular weight is 929 g/mol. The topological polar surface area (TPSA) is 198 Å². The van der Waals surface area contributed by atoms with Crippen LogP contribution in [-0.4, -0.2) is 92.6 Å². The third-order valence-electron chi connectivity index (χ3n) is 14.3. The molecule has 8 N–H and O–H groups in total. The monoisotopic (exact) mass is 928 g/mol. The van der Waals surface area contributed by atoms with E-state index < -0.39 is 18.4 Å². The van der Waals surface area contributed by atoms with E-state index in [0.29, 0.717) is 74.1 Å². The molecular formula is C51H64N2O10S2. The largest absolute Gasteiger partial charge is 0.508 e. The number of ether oxygens (including phenoxy) is 2. The molecule has 65 heavy (non-hydrogen) atoms. The molecule has 3 aliphatic heterocycles. The van der Waals surface area contributed by atoms with Crippen LogP contribution in [0, 0.1) is 11.8 Å². The second-order valence-electron chi connectivity index (χ2n) is 18.5. The highest BCUT2D eigenvalue weighted by Gasteiger charge is 2.40. The predicted octanol–water partition coefficient (Wildman–Crippen LogP) is 7.98. The molecule has 2 aliphatic carbocycles. The van der Waals surface area contributed by atoms with Gasteiger partial charge in [-0.3, -0.25) is 14.9 Å². The lowest BCUT2D eigenvalue weighted by Crippen LogP contribution is -2.41. The Balaban J connectivity index is 1.18. The first kappa shape index (κ1) is 47.6. The molecule has 14 heteroatoms. The van der Waals surface area contributed by atoms with E-state index in [9.17, 15) is 40.2 Å². The quantitative estimate of drug-likeness (QED) is 0.0387. The lowest BCUT2D eigenvalue weighted by molar-refractivity contribution is -0.128. The number of Topliss-reactive ketones (excluding diaryl/α,β-unsaturated/α-hetero) is 2. The maximum Gasteiger partial charge on any atom is 0.168 e. The van der Waals surface area contributed by atoms with Crippen LogP contribution in [0.15, 0.2) is 48.5 Å². The minimum atomic E-state index is -0.717. The summed E-state index contributed by atoms with van der Waals surface area (Å²) in [6, 6.07) is 14.4. The summed E-state index contributed by atoms with van der Waals surface area (Å²) in [6.45, 7) is 1.90. The second kappa shape index (κ2) is 21.4. The zero-order valence-corrected chi connectivity index (χ0v) is 39.0. The summed E-state index contributed by atoms with van der Waals surface area (Å²) in [4.78, 5) is 27.3. The fourth-order valence-corrected chi connectivity index (χ4v) is 13.8. The summed E-state index contributed by atoms with van der Waals surface area (Å²) >= 11 is 0. The average Bonchev–Trinajstić information content (AvgIpc) is 3.50. The number of aryl methyl sites for hydroxylation is 1. The third kappa shape index (κ3) is 10.4. The number of anilines is 1. The number of aromatic hydroxyl groups is 2. The standard InChI is InChI=1S/C51H64N2O10S2/c1-28(57)42-14-8-33-19-29(25-55)20-39-40(21-34(26-56)49(53-42)47(33)39)51(52-17-3-4-18-54)63-45-24-36(59)12-6-31-9-15-43(60)50(62-2)48(31)37-13-7-30-5-11-35(58)23-38(30)41(37)27-64-65-46-16-10-32(45)22-44(46)61/h5,7,9,11,13,15,21,23,29,32-33,42,44-46,51-56,58,60-61H,3-4,6,8,10,12,14,16-20,22,24-27H2,1-2H3. The number of methoxy groups -OCH3 is 1. The SMILES string of the molecule is COc1c(O)ccc2c1-c1ccc3ccc(O)cc3c1CSSC1CCC(CC1O)C(OC(NCCCCO)c1cc(CO)c3c4c1CC(CO)CC4CCC(C(C)=O)N3)CC(=O)CC2. The van der Waals surface area contributed by atoms with Gasteiger partial charge in [0, 0.05) is 53.9 Å². The lowest BCUT2D eigenvalue weighted by atomic mass is 9.72. The first-order valence-corrected chi connectivity index (χ1v) is 25.7. The fraction of sp³-hybridized carbons (Fsp3) is 0.529. The van der Waals surface area contributed by atoms with Crippen LogP contribution in [0.25, 0.3) is 21.9 Å². The van der Waals surface area contributed by atoms with Gasteiger partial charge in [0.2, 0.25) is 0 Å². The number of carbonyl (C=O) groups excluding carboxylic acids is 2. The molecule has 0 radical (unpaired) electrons. The molecule has 1 saturated carbocycles. The maximum absolute atomic E-state index is 14.5. The number of ketones is 2. The summed E-state index contributed by atoms with van der Waals surface area (Å²) in [6.07, 6.45) is 4.60. The van der Waals surface area contributed by atoms with Crippen molar-refractivity contribution in [3.63, 3.8) is 0 Å². The molecule has 12 nitrogen and oxygen atoms in total. The number of aliphatic hydroxyl groups excluding tert-OH is 4. The van der Waals surface area contributed by atoms with Gasteiger partial charge in [0.05, 0.1) is 32.0 Å². The van der Waals surface area contributed by atoms with Gasteiger partial charge >= 0.3 is 0 Å². The molecule has 8 atom stereocenters. The molecule has 0 saturated heterocycles. The van der Waals surface area contributed by atoms with Crippen molar-refractivity contribution >= 4 is 49.6 Å². The number of carbonyl (C=O) groups is 2. The fourth-order valence-electron chi connectivity index (χ4n) is 10.9. The van der Waals surface area contributed by atoms with E-state index >= 15 is 0 Å². The molecule has 2 bridgehead atoms. The van der Waals surface area contributed by atoms with Crippen LogP contribution in [-0.2, 0) is 39.5 Å². The van der Waals surface area contributed by atoms with E-state index in [-0.39, 0.29) is 84.8 Å². The zero-order chi connectivity index (χ0) is 45.8. The second-order valence-corrected chi connectivity index (χ2v) is 21.1. The van der Waals surface area contributed by atoms with Crippen molar-refractivity contribution < 1.29 is 49.7 Å². The predicted molar refractivity (Wildman–Crippen MR) is 256 cm³/mol. The maximum atomic E-state index is 14.5. The first-order chi connectivity index (χ1) is 31.5. The molecule has 0 amide bonds. The van der Waals surface area contributed by atoms with Crippen LogP contribution in [0.4, 0.5) is 5.69 Å². The number of hydrogen-bond acceptors (Lipinski definition) is 14. The zero-order valence-electron chi connectivity index (χ0n) is 37.4. The molecule has 8 unspecified atom stereocenters. The van der Waals surface area contributed by atoms with Crippen LogP contribution in [0.1, 0.15) is 117 Å². The Morgan fingerprint density at radius 2 is 1.78 bits per heavy atom. The summed E-state index contributed by atoms with van der Waals surface area (Å²) < 4.78 is 13.1. The van der Waals surface area contributed by atoms with Crippen molar-refractivity contribution in [2.45, 2.75) is 132 Å². The lowest BCUT2D eigenvalue weighted by Gasteiger charge is -2.39. The molecule has 5 aliphatic rings. The number of benzene rings is 4. The van der Waals surface area contributed by atoms with E-state index in [4.69, 9.17) is 9.47 Å². The highest BCUT2D eigenvalue weighted by atomic mass is 33.1. The van der Waals surface area contributed by atoms with Gasteiger partial charge in [0.1, 0.15) is 17.8 Å². The number of hydrogen-bond donors (Lipinski definition) is 8. The minimum absolute atomic E-state index is 0.00532. The van der Waals surface area contributed by atoms with Gasteiger partial charge in [0.15, 0.2) is 17.3 Å². The van der Waals surface area contributed by atoms with Crippen molar-refractivity contribution in [1.82, 2.24) is 5.32 Å². The number of fused-ring (bicyclic) bond motifs is 9. The Morgan fingerprint density at radius 3 is 2.54 bits per heavy atom. The summed E-state index contributed by atoms with van der Waals surface area (Å²) in [5.41, 5.74) is 7.71. The normalized spacial score (nSPS) is 25.2. The van der Waals surface area contributed by atoms with Crippen LogP contribution in [0.3, 0.4) is 0 Å². The van der Waals surface area contributed by atoms with Crippen molar-refractivity contribution in [2.75, 3.05) is 32.2 Å². The van der Waals surface area contributed by atoms with Crippen LogP contribution < -0.4 is 15.4 Å². The summed E-state index contributed by atoms with van der Waals surface area (Å²) in [5.74, 6) is 0.919. The highest BCUT2D eigenvalue weighted by Crippen LogP contribution is 2.50. The van der Waals surface area contributed by atoms with Crippen molar-refractivity contribution in [1.29, 1.82) is 0 Å². The molecule has 4 aromatic rings. The molecule has 350 valence electrons. The molecule has 1 fully saturated rings. The number of nitrogens with one attached hydrogen (secondary N) is 2. The Kier molecular flexibility index (Phi) is 15.7. The third-order valence-corrected chi connectivity index (χ3v) is 17.1. The Labute approximate surface area is 389 Å². The van der Waals surface area contributed by atoms with E-state index in [2.05, 4.69) is 10.6 Å². The van der Waals surface area contributed by atoms with Gasteiger partial charge in [0.25, 0.3) is 0 Å². The summed E-state index contributed by atoms with van der Waals surface area (Å²) in [7, 11) is 4.83. The van der Waals surface area contributed by atoms with E-state index in [1.807, 2.05) is 30.3 Å². The van der Waals surface area contributed by atoms with Gasteiger partial charge in [-0.05, 0) is 164 Å². The molecule has 0 spiro atoms. The molecule has 4 aromatic carbocycles. The van der Waals surface area contributed by atoms with Crippen LogP contribution in [0.5, 0.6) is 17.2 Å². The van der Waals surface area contributed by atoms with Gasteiger partial charge in [-0.1, -0.05) is 45.9 Å². The number of aliphatic hydroxyl groups is 4. The first-order valence-electron chi connectivity index (χ1n) is 23.3. The van der Waals surface area contributed by atoms with E-state index in [1.54, 1.807) is 46.7 Å². The number of phenolic OH excluding ortho intramolecular Hbond substituents is 2. The van der Waals surface area contributed by atoms with Gasteiger partial charge in [-0.25, -0.2) is 0 Å². The Morgan fingerprint density at radius 1 is 0.954 bits per heavy atom. The Bertz CT molecular complexity index is 2360. The smallest absolute Gasteiger partial charge is 0.168 e. The van der Waals surface area contributed by atoms with Crippen molar-refractivity contribution in [3.05, 3.63) is 81.9 Å². The van der Waals surface area contributed by atoms with E-state index in [1.165, 1.54) is 7.11 Å². The summed E-state index contributed by atoms with van der Waals surface area (Å²) in [5, 5.41) is 73.7. The van der Waals surface area contributed by atoms with E-state index in [0.717, 1.165) is 69.1 Å². The molecule has 9 rings (SSSR count). The molecular weight excluding hydrogens is 865 g/mol. The Hall–Kier alpha value is -3.86. The van der Waals surface area contributed by atoms with Crippen LogP contribution in [0.2, 0.25) is 0 Å². The number of rotatable bonds is 12.